The molecule has 0 fully saturated rings. The minimum Gasteiger partial charge on any atom is -0.166 e. The van der Waals surface area contributed by atoms with Crippen LogP contribution in [0.15, 0.2) is 36.4 Å². The smallest absolute Gasteiger partial charge is 0.166 e. The number of halogens is 6. The normalized spacial score (nSPS) is 11.7. The summed E-state index contributed by atoms with van der Waals surface area (Å²) in [5, 5.41) is 0.642. The summed E-state index contributed by atoms with van der Waals surface area (Å²) in [6.07, 6.45) is -4.45. The van der Waals surface area contributed by atoms with Crippen molar-refractivity contribution in [3.8, 4) is 11.1 Å². The van der Waals surface area contributed by atoms with E-state index in [0.29, 0.717) is 21.2 Å². The molecule has 0 aliphatic rings. The largest absolute Gasteiger partial charge is 0.416 e. The lowest BCUT2D eigenvalue weighted by molar-refractivity contribution is -0.138. The van der Waals surface area contributed by atoms with E-state index < -0.39 is 11.7 Å². The van der Waals surface area contributed by atoms with Gasteiger partial charge in [-0.2, -0.15) is 13.2 Å². The van der Waals surface area contributed by atoms with Gasteiger partial charge in [0.05, 0.1) is 15.6 Å². The Morgan fingerprint density at radius 3 is 2.00 bits per heavy atom. The molecule has 0 saturated carbocycles. The first-order valence-electron chi connectivity index (χ1n) is 5.54. The molecule has 0 atom stereocenters. The molecule has 0 amide bonds. The zero-order valence-corrected chi connectivity index (χ0v) is 12.2. The third-order valence-electron chi connectivity index (χ3n) is 2.81. The van der Waals surface area contributed by atoms with Crippen LogP contribution in [0.25, 0.3) is 11.1 Å². The van der Waals surface area contributed by atoms with E-state index in [-0.39, 0.29) is 11.4 Å². The molecule has 106 valence electrons. The van der Waals surface area contributed by atoms with Crippen LogP contribution < -0.4 is 0 Å². The van der Waals surface area contributed by atoms with Crippen molar-refractivity contribution >= 4 is 34.8 Å². The molecule has 0 spiro atoms. The topological polar surface area (TPSA) is 0 Å². The molecular weight excluding hydrogens is 332 g/mol. The van der Waals surface area contributed by atoms with Gasteiger partial charge in [0.25, 0.3) is 0 Å². The van der Waals surface area contributed by atoms with Crippen LogP contribution in [-0.4, -0.2) is 0 Å². The molecule has 0 heterocycles. The number of hydrogen-bond acceptors (Lipinski definition) is 0. The lowest BCUT2D eigenvalue weighted by Gasteiger charge is -2.13. The van der Waals surface area contributed by atoms with E-state index in [0.717, 1.165) is 6.07 Å². The predicted octanol–water partition coefficient (Wildman–Crippen LogP) is 6.42. The Balaban J connectivity index is 2.55. The quantitative estimate of drug-likeness (QED) is 0.554. The molecular formula is C14H8Cl3F3. The van der Waals surface area contributed by atoms with Gasteiger partial charge in [-0.3, -0.25) is 0 Å². The highest BCUT2D eigenvalue weighted by atomic mass is 35.5. The number of benzene rings is 2. The standard InChI is InChI=1S/C14H8Cl3F3/c15-7-10-2-1-8(5-11(10)14(18,19)20)9-3-4-12(16)13(17)6-9/h1-6H,7H2. The molecule has 2 aromatic carbocycles. The fraction of sp³-hybridized carbons (Fsp3) is 0.143. The Morgan fingerprint density at radius 2 is 1.45 bits per heavy atom. The fourth-order valence-electron chi connectivity index (χ4n) is 1.81. The summed E-state index contributed by atoms with van der Waals surface area (Å²) in [5.41, 5.74) is 0.273. The van der Waals surface area contributed by atoms with Gasteiger partial charge in [0, 0.05) is 5.88 Å². The molecule has 0 unspecified atom stereocenters. The van der Waals surface area contributed by atoms with Gasteiger partial charge in [-0.1, -0.05) is 41.4 Å². The zero-order valence-electron chi connectivity index (χ0n) is 9.94. The maximum Gasteiger partial charge on any atom is 0.416 e. The summed E-state index contributed by atoms with van der Waals surface area (Å²) >= 11 is 17.2. The Bertz CT molecular complexity index is 636. The molecule has 0 aromatic heterocycles. The van der Waals surface area contributed by atoms with Gasteiger partial charge in [0.2, 0.25) is 0 Å². The fourth-order valence-corrected chi connectivity index (χ4v) is 2.34. The van der Waals surface area contributed by atoms with Gasteiger partial charge >= 0.3 is 6.18 Å². The second-order valence-corrected chi connectivity index (χ2v) is 5.21. The highest BCUT2D eigenvalue weighted by Crippen LogP contribution is 2.36. The summed E-state index contributed by atoms with van der Waals surface area (Å²) in [6, 6.07) is 8.70. The molecule has 0 aliphatic carbocycles. The molecule has 20 heavy (non-hydrogen) atoms. The van der Waals surface area contributed by atoms with Crippen molar-refractivity contribution in [2.24, 2.45) is 0 Å². The minimum absolute atomic E-state index is 0.0444. The summed E-state index contributed by atoms with van der Waals surface area (Å²) < 4.78 is 38.9. The molecule has 0 aliphatic heterocycles. The van der Waals surface area contributed by atoms with Crippen molar-refractivity contribution in [1.82, 2.24) is 0 Å². The molecule has 6 heteroatoms. The number of alkyl halides is 4. The molecule has 0 N–H and O–H groups in total. The first-order chi connectivity index (χ1) is 9.32. The average molecular weight is 340 g/mol. The maximum absolute atomic E-state index is 13.0. The number of hydrogen-bond donors (Lipinski definition) is 0. The summed E-state index contributed by atoms with van der Waals surface area (Å²) in [7, 11) is 0. The van der Waals surface area contributed by atoms with E-state index in [1.54, 1.807) is 18.2 Å². The van der Waals surface area contributed by atoms with Crippen LogP contribution in [0.1, 0.15) is 11.1 Å². The highest BCUT2D eigenvalue weighted by Gasteiger charge is 2.33. The number of rotatable bonds is 2. The van der Waals surface area contributed by atoms with E-state index in [2.05, 4.69) is 0 Å². The summed E-state index contributed by atoms with van der Waals surface area (Å²) in [4.78, 5) is 0. The Labute approximate surface area is 129 Å². The Kier molecular flexibility index (Phi) is 4.52. The van der Waals surface area contributed by atoms with Crippen LogP contribution in [0.2, 0.25) is 10.0 Å². The van der Waals surface area contributed by atoms with Gasteiger partial charge in [-0.25, -0.2) is 0 Å². The van der Waals surface area contributed by atoms with Crippen molar-refractivity contribution in [1.29, 1.82) is 0 Å². The van der Waals surface area contributed by atoms with E-state index >= 15 is 0 Å². The van der Waals surface area contributed by atoms with Crippen molar-refractivity contribution in [3.05, 3.63) is 57.6 Å². The van der Waals surface area contributed by atoms with E-state index in [1.165, 1.54) is 12.1 Å². The van der Waals surface area contributed by atoms with Crippen LogP contribution >= 0.6 is 34.8 Å². The SMILES string of the molecule is FC(F)(F)c1cc(-c2ccc(Cl)c(Cl)c2)ccc1CCl. The molecule has 0 bridgehead atoms. The first kappa shape index (κ1) is 15.5. The van der Waals surface area contributed by atoms with Gasteiger partial charge in [0.15, 0.2) is 0 Å². The molecule has 2 rings (SSSR count). The van der Waals surface area contributed by atoms with Crippen molar-refractivity contribution in [2.75, 3.05) is 0 Å². The minimum atomic E-state index is -4.45. The van der Waals surface area contributed by atoms with Gasteiger partial charge in [-0.15, -0.1) is 11.6 Å². The van der Waals surface area contributed by atoms with Gasteiger partial charge in [-0.05, 0) is 34.9 Å². The lowest BCUT2D eigenvalue weighted by atomic mass is 9.99. The molecule has 0 nitrogen and oxygen atoms in total. The zero-order chi connectivity index (χ0) is 14.9. The van der Waals surface area contributed by atoms with E-state index in [9.17, 15) is 13.2 Å². The summed E-state index contributed by atoms with van der Waals surface area (Å²) in [5.74, 6) is -0.198. The van der Waals surface area contributed by atoms with Gasteiger partial charge < -0.3 is 0 Å². The van der Waals surface area contributed by atoms with Gasteiger partial charge in [0.1, 0.15) is 0 Å². The van der Waals surface area contributed by atoms with Crippen LogP contribution in [0, 0.1) is 0 Å². The third-order valence-corrected chi connectivity index (χ3v) is 3.84. The van der Waals surface area contributed by atoms with Crippen LogP contribution in [0.4, 0.5) is 13.2 Å². The van der Waals surface area contributed by atoms with E-state index in [1.807, 2.05) is 0 Å². The molecule has 0 radical (unpaired) electrons. The van der Waals surface area contributed by atoms with Crippen LogP contribution in [-0.2, 0) is 12.1 Å². The Hall–Kier alpha value is -0.900. The highest BCUT2D eigenvalue weighted by molar-refractivity contribution is 6.42. The van der Waals surface area contributed by atoms with Crippen molar-refractivity contribution in [2.45, 2.75) is 12.1 Å². The lowest BCUT2D eigenvalue weighted by Crippen LogP contribution is -2.08. The maximum atomic E-state index is 13.0. The third kappa shape index (κ3) is 3.22. The first-order valence-corrected chi connectivity index (χ1v) is 6.83. The monoisotopic (exact) mass is 338 g/mol. The second-order valence-electron chi connectivity index (χ2n) is 4.13. The predicted molar refractivity (Wildman–Crippen MR) is 76.5 cm³/mol. The van der Waals surface area contributed by atoms with Crippen LogP contribution in [0.5, 0.6) is 0 Å². The molecule has 0 saturated heterocycles. The van der Waals surface area contributed by atoms with Crippen LogP contribution in [0.3, 0.4) is 0 Å². The van der Waals surface area contributed by atoms with Crippen molar-refractivity contribution < 1.29 is 13.2 Å². The second kappa shape index (κ2) is 5.84. The summed E-state index contributed by atoms with van der Waals surface area (Å²) in [6.45, 7) is 0. The molecule has 2 aromatic rings. The van der Waals surface area contributed by atoms with Crippen molar-refractivity contribution in [3.63, 3.8) is 0 Å². The average Bonchev–Trinajstić information content (AvgIpc) is 2.40. The Morgan fingerprint density at radius 1 is 0.850 bits per heavy atom. The van der Waals surface area contributed by atoms with E-state index in [4.69, 9.17) is 34.8 Å².